The molecule has 6 heteroatoms. The van der Waals surface area contributed by atoms with Gasteiger partial charge in [0.1, 0.15) is 18.4 Å². The molecule has 6 nitrogen and oxygen atoms in total. The highest BCUT2D eigenvalue weighted by Crippen LogP contribution is 2.23. The van der Waals surface area contributed by atoms with Gasteiger partial charge in [0.2, 0.25) is 0 Å². The molecule has 0 aromatic heterocycles. The first kappa shape index (κ1) is 16.1. The van der Waals surface area contributed by atoms with Crippen molar-refractivity contribution in [2.75, 3.05) is 13.2 Å². The van der Waals surface area contributed by atoms with Gasteiger partial charge in [-0.3, -0.25) is 4.90 Å². The van der Waals surface area contributed by atoms with Gasteiger partial charge in [0, 0.05) is 0 Å². The minimum atomic E-state index is -0.628. The lowest BCUT2D eigenvalue weighted by Gasteiger charge is -2.28. The number of nitrogens with zero attached hydrogens (tertiary/aromatic N) is 1. The van der Waals surface area contributed by atoms with Crippen LogP contribution in [0.5, 0.6) is 5.75 Å². The molecule has 0 aliphatic carbocycles. The van der Waals surface area contributed by atoms with Crippen LogP contribution < -0.4 is 0 Å². The fourth-order valence-corrected chi connectivity index (χ4v) is 2.63. The second-order valence-corrected chi connectivity index (χ2v) is 5.18. The zero-order valence-corrected chi connectivity index (χ0v) is 12.8. The van der Waals surface area contributed by atoms with Crippen LogP contribution in [-0.2, 0) is 20.7 Å². The van der Waals surface area contributed by atoms with E-state index in [0.29, 0.717) is 12.8 Å². The lowest BCUT2D eigenvalue weighted by atomic mass is 10.0. The molecule has 1 aromatic carbocycles. The van der Waals surface area contributed by atoms with E-state index >= 15 is 0 Å². The van der Waals surface area contributed by atoms with Crippen LogP contribution in [0.1, 0.15) is 25.8 Å². The fraction of sp³-hybridized carbons (Fsp3) is 0.500. The third kappa shape index (κ3) is 3.50. The Morgan fingerprint density at radius 2 is 2.09 bits per heavy atom. The Hall–Kier alpha value is -2.24. The number of esters is 1. The molecule has 1 aliphatic rings. The molecule has 22 heavy (non-hydrogen) atoms. The summed E-state index contributed by atoms with van der Waals surface area (Å²) in [5, 5.41) is 9.32. The van der Waals surface area contributed by atoms with E-state index in [1.807, 2.05) is 6.92 Å². The van der Waals surface area contributed by atoms with Crippen LogP contribution >= 0.6 is 0 Å². The number of phenolic OH excluding ortho intramolecular Hbond substituents is 1. The van der Waals surface area contributed by atoms with Crippen molar-refractivity contribution in [3.8, 4) is 5.75 Å². The first-order valence-electron chi connectivity index (χ1n) is 7.46. The predicted molar refractivity (Wildman–Crippen MR) is 79.5 cm³/mol. The number of carbonyl (C=O) groups excluding carboxylic acids is 2. The van der Waals surface area contributed by atoms with Crippen LogP contribution in [0.25, 0.3) is 0 Å². The molecule has 0 spiro atoms. The molecule has 1 aromatic rings. The van der Waals surface area contributed by atoms with E-state index in [4.69, 9.17) is 9.47 Å². The van der Waals surface area contributed by atoms with Crippen LogP contribution in [-0.4, -0.2) is 47.4 Å². The molecule has 1 fully saturated rings. The quantitative estimate of drug-likeness (QED) is 0.814. The highest BCUT2D eigenvalue weighted by Gasteiger charge is 2.41. The molecule has 1 N–H and O–H groups in total. The summed E-state index contributed by atoms with van der Waals surface area (Å²) in [4.78, 5) is 25.5. The van der Waals surface area contributed by atoms with Crippen LogP contribution in [0.15, 0.2) is 24.3 Å². The smallest absolute Gasteiger partial charge is 0.410 e. The summed E-state index contributed by atoms with van der Waals surface area (Å²) in [7, 11) is 0. The molecule has 2 rings (SSSR count). The van der Waals surface area contributed by atoms with E-state index in [0.717, 1.165) is 5.56 Å². The van der Waals surface area contributed by atoms with E-state index in [1.165, 1.54) is 4.90 Å². The maximum atomic E-state index is 12.0. The van der Waals surface area contributed by atoms with E-state index in [9.17, 15) is 14.7 Å². The van der Waals surface area contributed by atoms with Gasteiger partial charge in [0.05, 0.1) is 12.6 Å². The number of ether oxygens (including phenoxy) is 2. The second kappa shape index (κ2) is 7.15. The number of benzene rings is 1. The van der Waals surface area contributed by atoms with Gasteiger partial charge >= 0.3 is 12.1 Å². The Labute approximate surface area is 129 Å². The number of aromatic hydroxyl groups is 1. The average molecular weight is 307 g/mol. The molecule has 1 aliphatic heterocycles. The minimum Gasteiger partial charge on any atom is -0.508 e. The maximum absolute atomic E-state index is 12.0. The topological polar surface area (TPSA) is 76.1 Å². The van der Waals surface area contributed by atoms with Crippen molar-refractivity contribution in [3.05, 3.63) is 29.8 Å². The number of hydrogen-bond donors (Lipinski definition) is 1. The van der Waals surface area contributed by atoms with Crippen molar-refractivity contribution in [3.63, 3.8) is 0 Å². The lowest BCUT2D eigenvalue weighted by Crippen LogP contribution is -2.47. The molecule has 2 atom stereocenters. The van der Waals surface area contributed by atoms with Gasteiger partial charge in [0.25, 0.3) is 0 Å². The van der Waals surface area contributed by atoms with Crippen molar-refractivity contribution in [2.24, 2.45) is 0 Å². The first-order chi connectivity index (χ1) is 10.6. The molecule has 0 radical (unpaired) electrons. The summed E-state index contributed by atoms with van der Waals surface area (Å²) < 4.78 is 10.2. The monoisotopic (exact) mass is 307 g/mol. The van der Waals surface area contributed by atoms with Gasteiger partial charge in [-0.15, -0.1) is 0 Å². The molecular formula is C16H21NO5. The Morgan fingerprint density at radius 3 is 2.68 bits per heavy atom. The Bertz CT molecular complexity index is 528. The SMILES string of the molecule is CCOC(=O)C(CC)N1C(=O)OC[C@@H]1Cc1ccc(O)cc1. The van der Waals surface area contributed by atoms with Gasteiger partial charge in [0.15, 0.2) is 0 Å². The molecule has 0 bridgehead atoms. The van der Waals surface area contributed by atoms with E-state index in [-0.39, 0.29) is 25.0 Å². The molecule has 1 amide bonds. The van der Waals surface area contributed by atoms with Gasteiger partial charge in [-0.25, -0.2) is 9.59 Å². The fourth-order valence-electron chi connectivity index (χ4n) is 2.63. The summed E-state index contributed by atoms with van der Waals surface area (Å²) >= 11 is 0. The summed E-state index contributed by atoms with van der Waals surface area (Å²) in [5.74, 6) is -0.211. The lowest BCUT2D eigenvalue weighted by molar-refractivity contribution is -0.149. The zero-order chi connectivity index (χ0) is 16.1. The summed E-state index contributed by atoms with van der Waals surface area (Å²) in [6.45, 7) is 4.10. The second-order valence-electron chi connectivity index (χ2n) is 5.18. The molecule has 1 heterocycles. The van der Waals surface area contributed by atoms with Crippen LogP contribution in [0, 0.1) is 0 Å². The highest BCUT2D eigenvalue weighted by molar-refractivity contribution is 5.82. The van der Waals surface area contributed by atoms with Crippen LogP contribution in [0.2, 0.25) is 0 Å². The number of carbonyl (C=O) groups is 2. The maximum Gasteiger partial charge on any atom is 0.410 e. The zero-order valence-electron chi connectivity index (χ0n) is 12.8. The normalized spacial score (nSPS) is 18.9. The van der Waals surface area contributed by atoms with Crippen molar-refractivity contribution in [1.82, 2.24) is 4.90 Å². The largest absolute Gasteiger partial charge is 0.508 e. The van der Waals surface area contributed by atoms with Gasteiger partial charge in [-0.2, -0.15) is 0 Å². The molecule has 0 saturated carbocycles. The third-order valence-electron chi connectivity index (χ3n) is 3.69. The molecular weight excluding hydrogens is 286 g/mol. The van der Waals surface area contributed by atoms with E-state index in [1.54, 1.807) is 31.2 Å². The van der Waals surface area contributed by atoms with Crippen molar-refractivity contribution in [1.29, 1.82) is 0 Å². The van der Waals surface area contributed by atoms with E-state index in [2.05, 4.69) is 0 Å². The average Bonchev–Trinajstić information content (AvgIpc) is 2.84. The Balaban J connectivity index is 2.14. The van der Waals surface area contributed by atoms with Crippen molar-refractivity contribution in [2.45, 2.75) is 38.8 Å². The van der Waals surface area contributed by atoms with Crippen LogP contribution in [0.4, 0.5) is 4.79 Å². The standard InChI is InChI=1S/C16H21NO5/c1-3-14(15(19)21-4-2)17-12(10-22-16(17)20)9-11-5-7-13(18)8-6-11/h5-8,12,14,18H,3-4,9-10H2,1-2H3/t12-,14?/m0/s1. The summed E-state index contributed by atoms with van der Waals surface area (Å²) in [6.07, 6.45) is 0.547. The third-order valence-corrected chi connectivity index (χ3v) is 3.69. The number of cyclic esters (lactones) is 1. The minimum absolute atomic E-state index is 0.192. The van der Waals surface area contributed by atoms with Gasteiger partial charge < -0.3 is 14.6 Å². The summed E-state index contributed by atoms with van der Waals surface area (Å²) in [6, 6.07) is 5.94. The molecule has 120 valence electrons. The Kier molecular flexibility index (Phi) is 5.25. The van der Waals surface area contributed by atoms with Gasteiger partial charge in [-0.1, -0.05) is 19.1 Å². The van der Waals surface area contributed by atoms with Crippen molar-refractivity contribution < 1.29 is 24.2 Å². The molecule has 1 unspecified atom stereocenters. The van der Waals surface area contributed by atoms with Crippen LogP contribution in [0.3, 0.4) is 0 Å². The number of rotatable bonds is 6. The number of phenols is 1. The number of amides is 1. The van der Waals surface area contributed by atoms with Gasteiger partial charge in [-0.05, 0) is 37.5 Å². The Morgan fingerprint density at radius 1 is 1.41 bits per heavy atom. The number of hydrogen-bond acceptors (Lipinski definition) is 5. The predicted octanol–water partition coefficient (Wildman–Crippen LogP) is 2.10. The first-order valence-corrected chi connectivity index (χ1v) is 7.46. The summed E-state index contributed by atoms with van der Waals surface area (Å²) in [5.41, 5.74) is 0.963. The highest BCUT2D eigenvalue weighted by atomic mass is 16.6. The van der Waals surface area contributed by atoms with Crippen molar-refractivity contribution >= 4 is 12.1 Å². The molecule has 1 saturated heterocycles. The van der Waals surface area contributed by atoms with E-state index < -0.39 is 18.1 Å².